The zero-order valence-corrected chi connectivity index (χ0v) is 7.68. The van der Waals surface area contributed by atoms with Gasteiger partial charge in [0.15, 0.2) is 0 Å². The molecule has 1 aliphatic carbocycles. The quantitative estimate of drug-likeness (QED) is 0.669. The summed E-state index contributed by atoms with van der Waals surface area (Å²) in [5.41, 5.74) is 0. The van der Waals surface area contributed by atoms with Gasteiger partial charge in [-0.3, -0.25) is 5.41 Å². The van der Waals surface area contributed by atoms with Crippen LogP contribution >= 0.6 is 0 Å². The first-order valence-electron chi connectivity index (χ1n) is 5.18. The summed E-state index contributed by atoms with van der Waals surface area (Å²) in [6.07, 6.45) is 7.79. The fraction of sp³-hybridized carbons (Fsp3) is 0.900. The second kappa shape index (κ2) is 3.46. The van der Waals surface area contributed by atoms with Gasteiger partial charge in [0.1, 0.15) is 0 Å². The molecule has 2 rings (SSSR count). The van der Waals surface area contributed by atoms with Crippen LogP contribution in [0, 0.1) is 11.3 Å². The smallest absolute Gasteiger partial charge is 0.0957 e. The number of piperidine rings is 1. The lowest BCUT2D eigenvalue weighted by molar-refractivity contribution is 0.227. The van der Waals surface area contributed by atoms with E-state index in [-0.39, 0.29) is 0 Å². The third-order valence-electron chi connectivity index (χ3n) is 3.18. The Labute approximate surface area is 74.5 Å². The predicted molar refractivity (Wildman–Crippen MR) is 50.5 cm³/mol. The fourth-order valence-corrected chi connectivity index (χ4v) is 2.08. The molecule has 2 heteroatoms. The SMILES string of the molecule is N=C1CCCCN1CC1CCC1. The van der Waals surface area contributed by atoms with Crippen molar-refractivity contribution in [1.82, 2.24) is 4.90 Å². The van der Waals surface area contributed by atoms with E-state index in [0.29, 0.717) is 0 Å². The largest absolute Gasteiger partial charge is 0.360 e. The Morgan fingerprint density at radius 3 is 2.67 bits per heavy atom. The maximum atomic E-state index is 7.76. The van der Waals surface area contributed by atoms with Gasteiger partial charge in [-0.2, -0.15) is 0 Å². The maximum absolute atomic E-state index is 7.76. The molecule has 0 aromatic carbocycles. The van der Waals surface area contributed by atoms with Crippen LogP contribution in [-0.2, 0) is 0 Å². The summed E-state index contributed by atoms with van der Waals surface area (Å²) in [5, 5.41) is 7.76. The summed E-state index contributed by atoms with van der Waals surface area (Å²) in [6, 6.07) is 0. The molecule has 0 unspecified atom stereocenters. The van der Waals surface area contributed by atoms with Gasteiger partial charge in [0, 0.05) is 19.5 Å². The van der Waals surface area contributed by atoms with Crippen molar-refractivity contribution in [3.8, 4) is 0 Å². The van der Waals surface area contributed by atoms with Crippen molar-refractivity contribution in [2.24, 2.45) is 5.92 Å². The topological polar surface area (TPSA) is 27.1 Å². The van der Waals surface area contributed by atoms with Gasteiger partial charge in [-0.1, -0.05) is 6.42 Å². The molecule has 0 radical (unpaired) electrons. The van der Waals surface area contributed by atoms with Crippen molar-refractivity contribution < 1.29 is 0 Å². The monoisotopic (exact) mass is 166 g/mol. The second-order valence-electron chi connectivity index (χ2n) is 4.15. The van der Waals surface area contributed by atoms with Gasteiger partial charge in [-0.05, 0) is 31.6 Å². The van der Waals surface area contributed by atoms with Gasteiger partial charge < -0.3 is 4.90 Å². The first kappa shape index (κ1) is 8.09. The standard InChI is InChI=1S/C10H18N2/c11-10-6-1-2-7-12(10)8-9-4-3-5-9/h9,11H,1-8H2. The average molecular weight is 166 g/mol. The maximum Gasteiger partial charge on any atom is 0.0957 e. The van der Waals surface area contributed by atoms with Crippen LogP contribution in [0.15, 0.2) is 0 Å². The van der Waals surface area contributed by atoms with Crippen LogP contribution in [0.1, 0.15) is 38.5 Å². The van der Waals surface area contributed by atoms with E-state index in [1.54, 1.807) is 0 Å². The lowest BCUT2D eigenvalue weighted by Gasteiger charge is -2.36. The molecule has 0 atom stereocenters. The number of hydrogen-bond donors (Lipinski definition) is 1. The van der Waals surface area contributed by atoms with Crippen molar-refractivity contribution in [1.29, 1.82) is 5.41 Å². The molecule has 0 aromatic heterocycles. The van der Waals surface area contributed by atoms with Crippen molar-refractivity contribution >= 4 is 5.84 Å². The summed E-state index contributed by atoms with van der Waals surface area (Å²) in [4.78, 5) is 2.30. The van der Waals surface area contributed by atoms with Crippen LogP contribution in [0.5, 0.6) is 0 Å². The summed E-state index contributed by atoms with van der Waals surface area (Å²) in [5.74, 6) is 1.82. The molecule has 0 spiro atoms. The summed E-state index contributed by atoms with van der Waals surface area (Å²) >= 11 is 0. The first-order chi connectivity index (χ1) is 5.86. The van der Waals surface area contributed by atoms with Crippen LogP contribution in [-0.4, -0.2) is 23.8 Å². The Balaban J connectivity index is 1.80. The average Bonchev–Trinajstić information content (AvgIpc) is 2.00. The third-order valence-corrected chi connectivity index (χ3v) is 3.18. The van der Waals surface area contributed by atoms with Gasteiger partial charge in [0.05, 0.1) is 5.84 Å². The van der Waals surface area contributed by atoms with Crippen molar-refractivity contribution in [3.05, 3.63) is 0 Å². The summed E-state index contributed by atoms with van der Waals surface area (Å²) in [7, 11) is 0. The molecule has 2 nitrogen and oxygen atoms in total. The molecule has 1 aliphatic heterocycles. The molecular formula is C10H18N2. The normalized spacial score (nSPS) is 25.7. The highest BCUT2D eigenvalue weighted by Gasteiger charge is 2.23. The number of likely N-dealkylation sites (tertiary alicyclic amines) is 1. The van der Waals surface area contributed by atoms with Crippen LogP contribution < -0.4 is 0 Å². The molecule has 68 valence electrons. The van der Waals surface area contributed by atoms with E-state index < -0.39 is 0 Å². The minimum atomic E-state index is 0.896. The Bertz CT molecular complexity index is 173. The molecule has 2 aliphatic rings. The zero-order valence-electron chi connectivity index (χ0n) is 7.68. The molecule has 0 bridgehead atoms. The highest BCUT2D eigenvalue weighted by atomic mass is 15.2. The Morgan fingerprint density at radius 2 is 2.08 bits per heavy atom. The van der Waals surface area contributed by atoms with Gasteiger partial charge in [-0.15, -0.1) is 0 Å². The van der Waals surface area contributed by atoms with E-state index in [9.17, 15) is 0 Å². The van der Waals surface area contributed by atoms with Crippen molar-refractivity contribution in [3.63, 3.8) is 0 Å². The van der Waals surface area contributed by atoms with Gasteiger partial charge >= 0.3 is 0 Å². The Hall–Kier alpha value is -0.530. The zero-order chi connectivity index (χ0) is 8.39. The molecule has 1 saturated carbocycles. The molecule has 0 aromatic rings. The van der Waals surface area contributed by atoms with Gasteiger partial charge in [-0.25, -0.2) is 0 Å². The molecule has 1 saturated heterocycles. The summed E-state index contributed by atoms with van der Waals surface area (Å²) in [6.45, 7) is 2.33. The van der Waals surface area contributed by atoms with Crippen LogP contribution in [0.25, 0.3) is 0 Å². The fourth-order valence-electron chi connectivity index (χ4n) is 2.08. The molecule has 12 heavy (non-hydrogen) atoms. The molecule has 2 fully saturated rings. The van der Waals surface area contributed by atoms with Gasteiger partial charge in [0.2, 0.25) is 0 Å². The van der Waals surface area contributed by atoms with E-state index in [2.05, 4.69) is 4.90 Å². The number of nitrogens with one attached hydrogen (secondary N) is 1. The van der Waals surface area contributed by atoms with E-state index in [0.717, 1.165) is 24.7 Å². The Morgan fingerprint density at radius 1 is 1.25 bits per heavy atom. The molecule has 0 amide bonds. The molecule has 1 N–H and O–H groups in total. The van der Waals surface area contributed by atoms with Gasteiger partial charge in [0.25, 0.3) is 0 Å². The minimum absolute atomic E-state index is 0.896. The number of nitrogens with zero attached hydrogens (tertiary/aromatic N) is 1. The second-order valence-corrected chi connectivity index (χ2v) is 4.15. The van der Waals surface area contributed by atoms with Crippen LogP contribution in [0.2, 0.25) is 0 Å². The van der Waals surface area contributed by atoms with Crippen LogP contribution in [0.4, 0.5) is 0 Å². The lowest BCUT2D eigenvalue weighted by Crippen LogP contribution is -2.39. The Kier molecular flexibility index (Phi) is 2.33. The summed E-state index contributed by atoms with van der Waals surface area (Å²) < 4.78 is 0. The lowest BCUT2D eigenvalue weighted by atomic mass is 9.85. The van der Waals surface area contributed by atoms with E-state index in [1.165, 1.54) is 38.6 Å². The predicted octanol–water partition coefficient (Wildman–Crippen LogP) is 2.25. The van der Waals surface area contributed by atoms with Crippen LogP contribution in [0.3, 0.4) is 0 Å². The van der Waals surface area contributed by atoms with E-state index >= 15 is 0 Å². The third kappa shape index (κ3) is 1.62. The number of rotatable bonds is 2. The number of amidine groups is 1. The van der Waals surface area contributed by atoms with E-state index in [4.69, 9.17) is 5.41 Å². The van der Waals surface area contributed by atoms with Crippen molar-refractivity contribution in [2.75, 3.05) is 13.1 Å². The highest BCUT2D eigenvalue weighted by molar-refractivity contribution is 5.79. The minimum Gasteiger partial charge on any atom is -0.360 e. The highest BCUT2D eigenvalue weighted by Crippen LogP contribution is 2.28. The number of hydrogen-bond acceptors (Lipinski definition) is 1. The van der Waals surface area contributed by atoms with Crippen molar-refractivity contribution in [2.45, 2.75) is 38.5 Å². The molecular weight excluding hydrogens is 148 g/mol. The first-order valence-corrected chi connectivity index (χ1v) is 5.18. The molecule has 1 heterocycles. The van der Waals surface area contributed by atoms with E-state index in [1.807, 2.05) is 0 Å².